The minimum Gasteiger partial charge on any atom is -0.497 e. The van der Waals surface area contributed by atoms with E-state index < -0.39 is 32.8 Å². The minimum atomic E-state index is -2.31. The molecule has 9 heteroatoms. The summed E-state index contributed by atoms with van der Waals surface area (Å²) in [6, 6.07) is 17.2. The van der Waals surface area contributed by atoms with Crippen molar-refractivity contribution in [1.29, 1.82) is 0 Å². The number of ether oxygens (including phenoxy) is 5. The molecule has 0 radical (unpaired) electrons. The van der Waals surface area contributed by atoms with E-state index in [9.17, 15) is 9.90 Å². The molecule has 9 atom stereocenters. The number of rotatable bonds is 15. The Labute approximate surface area is 278 Å². The zero-order chi connectivity index (χ0) is 34.2. The van der Waals surface area contributed by atoms with Gasteiger partial charge in [0.1, 0.15) is 5.75 Å². The third-order valence-electron chi connectivity index (χ3n) is 9.79. The van der Waals surface area contributed by atoms with Crippen LogP contribution in [0.3, 0.4) is 0 Å². The molecule has 2 aromatic carbocycles. The average molecular weight is 659 g/mol. The van der Waals surface area contributed by atoms with Crippen LogP contribution in [0.1, 0.15) is 78.9 Å². The molecule has 0 spiro atoms. The molecule has 0 aliphatic carbocycles. The number of aliphatic hydroxyl groups is 1. The Morgan fingerprint density at radius 3 is 2.20 bits per heavy atom. The second-order valence-electron chi connectivity index (χ2n) is 14.4. The fourth-order valence-electron chi connectivity index (χ4n) is 5.97. The van der Waals surface area contributed by atoms with Crippen molar-refractivity contribution in [3.8, 4) is 5.75 Å². The molecule has 0 aromatic heterocycles. The van der Waals surface area contributed by atoms with Crippen LogP contribution in [-0.4, -0.2) is 64.6 Å². The van der Waals surface area contributed by atoms with Gasteiger partial charge in [0.05, 0.1) is 38.6 Å². The molecule has 0 bridgehead atoms. The highest BCUT2D eigenvalue weighted by Crippen LogP contribution is 2.43. The lowest BCUT2D eigenvalue weighted by molar-refractivity contribution is -0.258. The topological polar surface area (TPSA) is 92.7 Å². The lowest BCUT2D eigenvalue weighted by atomic mass is 9.79. The van der Waals surface area contributed by atoms with Gasteiger partial charge in [0.25, 0.3) is 0 Å². The second-order valence-corrected chi connectivity index (χ2v) is 19.1. The van der Waals surface area contributed by atoms with E-state index in [1.807, 2.05) is 61.5 Å². The summed E-state index contributed by atoms with van der Waals surface area (Å²) >= 11 is 0. The first kappa shape index (κ1) is 38.2. The van der Waals surface area contributed by atoms with Crippen LogP contribution in [0.5, 0.6) is 5.75 Å². The molecule has 1 saturated heterocycles. The molecular weight excluding hydrogens is 600 g/mol. The quantitative estimate of drug-likeness (QED) is 0.154. The van der Waals surface area contributed by atoms with Crippen LogP contribution in [-0.2, 0) is 28.2 Å². The molecule has 1 N–H and O–H groups in total. The van der Waals surface area contributed by atoms with E-state index in [1.54, 1.807) is 14.0 Å². The number of carbonyl (C=O) groups excluding carboxylic acids is 1. The predicted molar refractivity (Wildman–Crippen MR) is 183 cm³/mol. The van der Waals surface area contributed by atoms with E-state index in [1.165, 1.54) is 0 Å². The third kappa shape index (κ3) is 9.42. The van der Waals surface area contributed by atoms with Crippen molar-refractivity contribution in [2.75, 3.05) is 26.9 Å². The first-order valence-electron chi connectivity index (χ1n) is 16.7. The number of aliphatic hydroxyl groups excluding tert-OH is 1. The molecule has 0 amide bonds. The molecule has 8 nitrogen and oxygen atoms in total. The molecule has 0 saturated carbocycles. The first-order chi connectivity index (χ1) is 21.6. The summed E-state index contributed by atoms with van der Waals surface area (Å²) < 4.78 is 37.8. The highest BCUT2D eigenvalue weighted by atomic mass is 28.4. The number of benzene rings is 2. The molecular formula is C37H58O8Si. The van der Waals surface area contributed by atoms with E-state index in [2.05, 4.69) is 54.6 Å². The maximum Gasteiger partial charge on any atom is 0.339 e. The molecule has 1 aliphatic rings. The van der Waals surface area contributed by atoms with Crippen LogP contribution in [0.25, 0.3) is 0 Å². The van der Waals surface area contributed by atoms with Gasteiger partial charge in [-0.25, -0.2) is 4.79 Å². The van der Waals surface area contributed by atoms with E-state index in [0.29, 0.717) is 12.2 Å². The van der Waals surface area contributed by atoms with E-state index in [4.69, 9.17) is 28.1 Å². The largest absolute Gasteiger partial charge is 0.497 e. The van der Waals surface area contributed by atoms with Gasteiger partial charge in [-0.3, -0.25) is 0 Å². The highest BCUT2D eigenvalue weighted by Gasteiger charge is 2.47. The molecule has 1 aliphatic heterocycles. The van der Waals surface area contributed by atoms with Crippen LogP contribution in [0.2, 0.25) is 18.1 Å². The summed E-state index contributed by atoms with van der Waals surface area (Å²) in [5, 5.41) is 10.4. The Bertz CT molecular complexity index is 1200. The molecule has 1 fully saturated rings. The first-order valence-corrected chi connectivity index (χ1v) is 19.6. The van der Waals surface area contributed by atoms with E-state index >= 15 is 0 Å². The SMILES string of the molecule is CCOC(=O)C(OC(C(C)CO)C(C)C(O[Si](C)(C)C(C)(C)C)C(C)C1OC(c2ccc(OC)cc2)OCC1C)c1ccccc1. The van der Waals surface area contributed by atoms with Crippen molar-refractivity contribution in [1.82, 2.24) is 0 Å². The molecule has 46 heavy (non-hydrogen) atoms. The molecule has 1 heterocycles. The van der Waals surface area contributed by atoms with Crippen LogP contribution >= 0.6 is 0 Å². The zero-order valence-corrected chi connectivity index (χ0v) is 30.8. The summed E-state index contributed by atoms with van der Waals surface area (Å²) in [4.78, 5) is 13.3. The van der Waals surface area contributed by atoms with Crippen LogP contribution < -0.4 is 4.74 Å². The number of methoxy groups -OCH3 is 1. The fraction of sp³-hybridized carbons (Fsp3) is 0.649. The predicted octanol–water partition coefficient (Wildman–Crippen LogP) is 7.73. The molecule has 258 valence electrons. The van der Waals surface area contributed by atoms with Gasteiger partial charge < -0.3 is 33.2 Å². The number of carbonyl (C=O) groups is 1. The maximum absolute atomic E-state index is 13.3. The Morgan fingerprint density at radius 2 is 1.65 bits per heavy atom. The Kier molecular flexibility index (Phi) is 13.9. The van der Waals surface area contributed by atoms with Crippen molar-refractivity contribution in [2.24, 2.45) is 23.7 Å². The summed E-state index contributed by atoms with van der Waals surface area (Å²) in [5.74, 6) is -0.143. The maximum atomic E-state index is 13.3. The van der Waals surface area contributed by atoms with Crippen LogP contribution in [0.15, 0.2) is 54.6 Å². The standard InChI is InChI=1S/C37H58O8Si/c1-12-41-35(39)34(28-16-14-13-15-17-28)43-31(24(2)22-38)26(4)33(45-46(10,11)37(6,7)8)27(5)32-25(3)23-42-36(44-32)29-18-20-30(40-9)21-19-29/h13-21,24-27,31-34,36,38H,12,22-23H2,1-11H3. The normalized spacial score (nSPS) is 23.1. The van der Waals surface area contributed by atoms with Gasteiger partial charge in [0, 0.05) is 35.8 Å². The third-order valence-corrected chi connectivity index (χ3v) is 14.3. The highest BCUT2D eigenvalue weighted by molar-refractivity contribution is 6.74. The zero-order valence-electron chi connectivity index (χ0n) is 29.8. The number of hydrogen-bond acceptors (Lipinski definition) is 8. The van der Waals surface area contributed by atoms with Gasteiger partial charge in [-0.2, -0.15) is 0 Å². The van der Waals surface area contributed by atoms with Crippen molar-refractivity contribution in [2.45, 2.75) is 104 Å². The Morgan fingerprint density at radius 1 is 1.02 bits per heavy atom. The average Bonchev–Trinajstić information content (AvgIpc) is 3.03. The van der Waals surface area contributed by atoms with Gasteiger partial charge in [-0.05, 0) is 42.8 Å². The number of esters is 1. The van der Waals surface area contributed by atoms with E-state index in [-0.39, 0.29) is 54.1 Å². The van der Waals surface area contributed by atoms with Crippen molar-refractivity contribution in [3.05, 3.63) is 65.7 Å². The second kappa shape index (κ2) is 16.7. The van der Waals surface area contributed by atoms with Crippen molar-refractivity contribution < 1.29 is 38.0 Å². The molecule has 9 unspecified atom stereocenters. The van der Waals surface area contributed by atoms with Crippen molar-refractivity contribution >= 4 is 14.3 Å². The minimum absolute atomic E-state index is 0.0467. The monoisotopic (exact) mass is 658 g/mol. The summed E-state index contributed by atoms with van der Waals surface area (Å²) in [5.41, 5.74) is 1.64. The van der Waals surface area contributed by atoms with E-state index in [0.717, 1.165) is 11.3 Å². The van der Waals surface area contributed by atoms with Crippen molar-refractivity contribution in [3.63, 3.8) is 0 Å². The van der Waals surface area contributed by atoms with Crippen LogP contribution in [0, 0.1) is 23.7 Å². The van der Waals surface area contributed by atoms with Gasteiger partial charge >= 0.3 is 5.97 Å². The summed E-state index contributed by atoms with van der Waals surface area (Å²) in [6.45, 7) is 22.1. The Hall–Kier alpha value is -2.27. The number of hydrogen-bond donors (Lipinski definition) is 1. The smallest absolute Gasteiger partial charge is 0.339 e. The summed E-state index contributed by atoms with van der Waals surface area (Å²) in [7, 11) is -0.662. The Balaban J connectivity index is 2.02. The van der Waals surface area contributed by atoms with Gasteiger partial charge in [-0.15, -0.1) is 0 Å². The lowest BCUT2D eigenvalue weighted by Crippen LogP contribution is -2.54. The van der Waals surface area contributed by atoms with Crippen LogP contribution in [0.4, 0.5) is 0 Å². The van der Waals surface area contributed by atoms with Gasteiger partial charge in [0.2, 0.25) is 0 Å². The van der Waals surface area contributed by atoms with Gasteiger partial charge in [0.15, 0.2) is 20.7 Å². The van der Waals surface area contributed by atoms with Gasteiger partial charge in [-0.1, -0.05) is 90.9 Å². The lowest BCUT2D eigenvalue weighted by Gasteiger charge is -2.48. The summed E-state index contributed by atoms with van der Waals surface area (Å²) in [6.07, 6.45) is -2.47. The fourth-order valence-corrected chi connectivity index (χ4v) is 7.43. The molecule has 3 rings (SSSR count). The molecule has 2 aromatic rings.